The predicted octanol–water partition coefficient (Wildman–Crippen LogP) is 4.54. The van der Waals surface area contributed by atoms with Crippen LogP contribution in [-0.4, -0.2) is 18.4 Å². The third-order valence-electron chi connectivity index (χ3n) is 6.06. The van der Waals surface area contributed by atoms with Crippen molar-refractivity contribution in [1.82, 2.24) is 0 Å². The van der Waals surface area contributed by atoms with E-state index in [0.717, 1.165) is 55.1 Å². The lowest BCUT2D eigenvalue weighted by Gasteiger charge is -2.34. The quantitative estimate of drug-likeness (QED) is 0.434. The number of hydrogen-bond donors (Lipinski definition) is 0. The van der Waals surface area contributed by atoms with Crippen molar-refractivity contribution in [1.29, 1.82) is 0 Å². The van der Waals surface area contributed by atoms with Gasteiger partial charge >= 0.3 is 5.97 Å². The van der Waals surface area contributed by atoms with Gasteiger partial charge in [0.15, 0.2) is 0 Å². The Morgan fingerprint density at radius 3 is 2.75 bits per heavy atom. The Kier molecular flexibility index (Phi) is 4.54. The van der Waals surface area contributed by atoms with Crippen molar-refractivity contribution in [3.05, 3.63) is 34.4 Å². The van der Waals surface area contributed by atoms with Gasteiger partial charge < -0.3 is 4.74 Å². The van der Waals surface area contributed by atoms with Crippen LogP contribution in [0.3, 0.4) is 0 Å². The first kappa shape index (κ1) is 17.2. The largest absolute Gasteiger partial charge is 0.458 e. The van der Waals surface area contributed by atoms with Crippen LogP contribution < -0.4 is 0 Å². The van der Waals surface area contributed by atoms with Crippen LogP contribution in [0.2, 0.25) is 0 Å². The lowest BCUT2D eigenvalue weighted by Crippen LogP contribution is -2.28. The lowest BCUT2D eigenvalue weighted by molar-refractivity contribution is -0.145. The van der Waals surface area contributed by atoms with Gasteiger partial charge in [0.1, 0.15) is 12.4 Å². The maximum absolute atomic E-state index is 11.7. The molecule has 0 aliphatic heterocycles. The summed E-state index contributed by atoms with van der Waals surface area (Å²) in [5, 5.41) is 0. The van der Waals surface area contributed by atoms with Gasteiger partial charge in [-0.05, 0) is 66.1 Å². The predicted molar refractivity (Wildman–Crippen MR) is 94.3 cm³/mol. The summed E-state index contributed by atoms with van der Waals surface area (Å²) in [6, 6.07) is 0. The van der Waals surface area contributed by atoms with Crippen LogP contribution in [-0.2, 0) is 14.3 Å². The molecule has 1 saturated carbocycles. The first-order valence-electron chi connectivity index (χ1n) is 9.10. The molecule has 0 saturated heterocycles. The number of hydrogen-bond acceptors (Lipinski definition) is 3. The molecule has 3 rings (SSSR count). The van der Waals surface area contributed by atoms with Crippen molar-refractivity contribution < 1.29 is 14.3 Å². The number of ether oxygens (including phenoxy) is 1. The van der Waals surface area contributed by atoms with E-state index in [-0.39, 0.29) is 17.5 Å². The smallest absolute Gasteiger partial charge is 0.303 e. The highest BCUT2D eigenvalue weighted by Crippen LogP contribution is 2.56. The van der Waals surface area contributed by atoms with Gasteiger partial charge in [-0.1, -0.05) is 38.5 Å². The van der Waals surface area contributed by atoms with E-state index in [1.807, 2.05) is 0 Å². The summed E-state index contributed by atoms with van der Waals surface area (Å²) in [6.07, 6.45) is 9.82. The summed E-state index contributed by atoms with van der Waals surface area (Å²) in [5.41, 5.74) is 4.75. The third-order valence-corrected chi connectivity index (χ3v) is 6.06. The zero-order chi connectivity index (χ0) is 17.5. The van der Waals surface area contributed by atoms with Gasteiger partial charge in [0.2, 0.25) is 0 Å². The van der Waals surface area contributed by atoms with Crippen LogP contribution in [0.15, 0.2) is 34.4 Å². The van der Waals surface area contributed by atoms with E-state index in [0.29, 0.717) is 11.8 Å². The third kappa shape index (κ3) is 2.89. The van der Waals surface area contributed by atoms with E-state index in [1.54, 1.807) is 0 Å². The molecule has 0 spiro atoms. The highest BCUT2D eigenvalue weighted by Gasteiger charge is 2.47. The summed E-state index contributed by atoms with van der Waals surface area (Å²) in [6.45, 7) is 8.30. The van der Waals surface area contributed by atoms with Crippen molar-refractivity contribution in [2.45, 2.75) is 65.9 Å². The minimum absolute atomic E-state index is 0.120. The molecule has 0 bridgehead atoms. The van der Waals surface area contributed by atoms with E-state index < -0.39 is 0 Å². The summed E-state index contributed by atoms with van der Waals surface area (Å²) >= 11 is 0. The van der Waals surface area contributed by atoms with Crippen molar-refractivity contribution >= 4 is 12.3 Å². The fourth-order valence-electron chi connectivity index (χ4n) is 4.86. The van der Waals surface area contributed by atoms with Crippen LogP contribution >= 0.6 is 0 Å². The van der Waals surface area contributed by atoms with Gasteiger partial charge in [-0.2, -0.15) is 0 Å². The Morgan fingerprint density at radius 2 is 2.12 bits per heavy atom. The molecule has 0 aromatic heterocycles. The summed E-state index contributed by atoms with van der Waals surface area (Å²) < 4.78 is 5.73. The maximum Gasteiger partial charge on any atom is 0.303 e. The molecule has 24 heavy (non-hydrogen) atoms. The number of esters is 1. The maximum atomic E-state index is 11.7. The highest BCUT2D eigenvalue weighted by molar-refractivity contribution is 5.78. The van der Waals surface area contributed by atoms with E-state index in [4.69, 9.17) is 4.74 Å². The van der Waals surface area contributed by atoms with Crippen LogP contribution in [0.5, 0.6) is 0 Å². The molecule has 1 unspecified atom stereocenters. The second-order valence-corrected chi connectivity index (χ2v) is 8.10. The molecule has 3 heteroatoms. The van der Waals surface area contributed by atoms with Crippen LogP contribution in [0.1, 0.15) is 59.8 Å². The van der Waals surface area contributed by atoms with Gasteiger partial charge in [-0.15, -0.1) is 0 Å². The summed E-state index contributed by atoms with van der Waals surface area (Å²) in [5.74, 6) is 0.673. The molecule has 3 atom stereocenters. The van der Waals surface area contributed by atoms with Gasteiger partial charge in [-0.25, -0.2) is 0 Å². The number of carbonyl (C=O) groups excluding carboxylic acids is 2. The fourth-order valence-corrected chi connectivity index (χ4v) is 4.86. The molecular formula is C21H28O3. The monoisotopic (exact) mass is 328 g/mol. The minimum Gasteiger partial charge on any atom is -0.458 e. The lowest BCUT2D eigenvalue weighted by atomic mass is 9.70. The van der Waals surface area contributed by atoms with Crippen molar-refractivity contribution in [2.24, 2.45) is 17.3 Å². The standard InChI is InChI=1S/C21H28O3/c1-13(2)16-8-9-21(4)11-18-15(12-22)6-5-7-17(18)20(10-19(16)21)24-14(3)23/h7-8,12-13,19-20H,5-6,9-11H2,1-4H3/t19-,20?,21+/m1/s1. The zero-order valence-electron chi connectivity index (χ0n) is 15.2. The average Bonchev–Trinajstić information content (AvgIpc) is 2.77. The number of fused-ring (bicyclic) bond motifs is 2. The number of carbonyl (C=O) groups is 2. The van der Waals surface area contributed by atoms with Crippen LogP contribution in [0.4, 0.5) is 0 Å². The number of allylic oxidation sites excluding steroid dienone is 4. The topological polar surface area (TPSA) is 43.4 Å². The molecule has 0 heterocycles. The van der Waals surface area contributed by atoms with Crippen molar-refractivity contribution in [3.63, 3.8) is 0 Å². The second kappa shape index (κ2) is 6.34. The average molecular weight is 328 g/mol. The van der Waals surface area contributed by atoms with Gasteiger partial charge in [0.25, 0.3) is 0 Å². The molecule has 0 N–H and O–H groups in total. The normalized spacial score (nSPS) is 32.5. The molecule has 0 radical (unpaired) electrons. The Balaban J connectivity index is 2.07. The highest BCUT2D eigenvalue weighted by atomic mass is 16.5. The van der Waals surface area contributed by atoms with Crippen molar-refractivity contribution in [3.8, 4) is 0 Å². The fraction of sp³-hybridized carbons (Fsp3) is 0.619. The van der Waals surface area contributed by atoms with E-state index >= 15 is 0 Å². The first-order chi connectivity index (χ1) is 11.4. The molecule has 0 amide bonds. The molecule has 130 valence electrons. The van der Waals surface area contributed by atoms with Gasteiger partial charge in [-0.3, -0.25) is 9.59 Å². The molecular weight excluding hydrogens is 300 g/mol. The number of aldehydes is 1. The van der Waals surface area contributed by atoms with E-state index in [9.17, 15) is 9.59 Å². The summed E-state index contributed by atoms with van der Waals surface area (Å²) in [7, 11) is 0. The zero-order valence-corrected chi connectivity index (χ0v) is 15.2. The Bertz CT molecular complexity index is 650. The molecule has 3 aliphatic carbocycles. The minimum atomic E-state index is -0.241. The second-order valence-electron chi connectivity index (χ2n) is 8.10. The molecule has 3 aliphatic rings. The van der Waals surface area contributed by atoms with Crippen LogP contribution in [0.25, 0.3) is 0 Å². The van der Waals surface area contributed by atoms with Crippen LogP contribution in [0, 0.1) is 17.3 Å². The van der Waals surface area contributed by atoms with E-state index in [1.165, 1.54) is 12.5 Å². The first-order valence-corrected chi connectivity index (χ1v) is 9.10. The Morgan fingerprint density at radius 1 is 1.38 bits per heavy atom. The molecule has 0 aromatic rings. The van der Waals surface area contributed by atoms with E-state index in [2.05, 4.69) is 32.9 Å². The van der Waals surface area contributed by atoms with Gasteiger partial charge in [0, 0.05) is 6.92 Å². The molecule has 0 aromatic carbocycles. The van der Waals surface area contributed by atoms with Crippen molar-refractivity contribution in [2.75, 3.05) is 0 Å². The Hall–Kier alpha value is -1.64. The Labute approximate surface area is 144 Å². The molecule has 3 nitrogen and oxygen atoms in total. The number of rotatable bonds is 3. The summed E-state index contributed by atoms with van der Waals surface area (Å²) in [4.78, 5) is 23.3. The van der Waals surface area contributed by atoms with Gasteiger partial charge in [0.05, 0.1) is 0 Å². The SMILES string of the molecule is CC(=O)OC1C[C@@H]2C(C(C)C)=CC[C@@]2(C)CC2=C(C=O)CCC=C21. The molecule has 1 fully saturated rings.